The largest absolute Gasteiger partial charge is 0.480 e. The lowest BCUT2D eigenvalue weighted by Gasteiger charge is -2.11. The van der Waals surface area contributed by atoms with Gasteiger partial charge in [-0.1, -0.05) is 6.07 Å². The number of nitrogens with zero attached hydrogens (tertiary/aromatic N) is 1. The molecular weight excluding hydrogens is 276 g/mol. The molecule has 0 bridgehead atoms. The molecule has 1 aliphatic heterocycles. The first-order valence-electron chi connectivity index (χ1n) is 6.77. The second-order valence-electron chi connectivity index (χ2n) is 5.22. The number of amides is 1. The van der Waals surface area contributed by atoms with Crippen LogP contribution < -0.4 is 5.32 Å². The summed E-state index contributed by atoms with van der Waals surface area (Å²) in [6.07, 6.45) is 3.57. The van der Waals surface area contributed by atoms with Crippen molar-refractivity contribution in [1.82, 2.24) is 10.3 Å². The van der Waals surface area contributed by atoms with E-state index in [1.54, 1.807) is 6.07 Å². The molecule has 1 aliphatic carbocycles. The maximum absolute atomic E-state index is 12.1. The number of carboxylic acids is 1. The van der Waals surface area contributed by atoms with Gasteiger partial charge in [0.25, 0.3) is 5.91 Å². The fourth-order valence-electron chi connectivity index (χ4n) is 2.71. The normalized spacial score (nSPS) is 24.4. The number of fused-ring (bicyclic) bond motifs is 1. The second-order valence-corrected chi connectivity index (χ2v) is 6.46. The van der Waals surface area contributed by atoms with Crippen molar-refractivity contribution >= 4 is 23.6 Å². The quantitative estimate of drug-likeness (QED) is 0.877. The van der Waals surface area contributed by atoms with Gasteiger partial charge in [-0.05, 0) is 37.3 Å². The Morgan fingerprint density at radius 3 is 2.95 bits per heavy atom. The zero-order valence-electron chi connectivity index (χ0n) is 11.0. The van der Waals surface area contributed by atoms with Crippen LogP contribution in [0.1, 0.15) is 34.6 Å². The van der Waals surface area contributed by atoms with Gasteiger partial charge in [0.2, 0.25) is 0 Å². The topological polar surface area (TPSA) is 79.3 Å². The molecule has 20 heavy (non-hydrogen) atoms. The summed E-state index contributed by atoms with van der Waals surface area (Å²) >= 11 is 1.38. The van der Waals surface area contributed by atoms with Gasteiger partial charge in [-0.25, -0.2) is 4.98 Å². The van der Waals surface area contributed by atoms with Crippen molar-refractivity contribution < 1.29 is 14.7 Å². The lowest BCUT2D eigenvalue weighted by molar-refractivity contribution is -0.136. The second kappa shape index (κ2) is 5.44. The van der Waals surface area contributed by atoms with Crippen molar-refractivity contribution in [2.45, 2.75) is 37.0 Å². The summed E-state index contributed by atoms with van der Waals surface area (Å²) in [4.78, 5) is 27.4. The number of carbonyl (C=O) groups excluding carboxylic acids is 1. The molecule has 1 aromatic heterocycles. The van der Waals surface area contributed by atoms with E-state index >= 15 is 0 Å². The number of hydrogen-bond acceptors (Lipinski definition) is 4. The maximum atomic E-state index is 12.1. The van der Waals surface area contributed by atoms with Crippen molar-refractivity contribution in [1.29, 1.82) is 0 Å². The van der Waals surface area contributed by atoms with E-state index in [-0.39, 0.29) is 11.9 Å². The average molecular weight is 292 g/mol. The fraction of sp³-hybridized carbons (Fsp3) is 0.500. The lowest BCUT2D eigenvalue weighted by atomic mass is 10.1. The van der Waals surface area contributed by atoms with Gasteiger partial charge < -0.3 is 10.4 Å². The first-order valence-corrected chi connectivity index (χ1v) is 7.82. The minimum Gasteiger partial charge on any atom is -0.480 e. The Hall–Kier alpha value is -1.56. The Labute approximate surface area is 121 Å². The van der Waals surface area contributed by atoms with Crippen molar-refractivity contribution in [2.24, 2.45) is 0 Å². The SMILES string of the molecule is O=C(N[C@@H]1CS[C@H](C(=O)O)C1)c1ccc2c(n1)CCC2. The molecule has 0 radical (unpaired) electrons. The summed E-state index contributed by atoms with van der Waals surface area (Å²) in [5, 5.41) is 11.4. The lowest BCUT2D eigenvalue weighted by Crippen LogP contribution is -2.36. The molecule has 1 amide bonds. The highest BCUT2D eigenvalue weighted by atomic mass is 32.2. The molecule has 0 aromatic carbocycles. The fourth-order valence-corrected chi connectivity index (χ4v) is 3.90. The van der Waals surface area contributed by atoms with E-state index in [4.69, 9.17) is 5.11 Å². The third kappa shape index (κ3) is 2.65. The standard InChI is InChI=1S/C14H16N2O3S/c17-13(15-9-6-12(14(18)19)20-7-9)11-5-4-8-2-1-3-10(8)16-11/h4-5,9,12H,1-3,6-7H2,(H,15,17)(H,18,19)/t9-,12-/m0/s1. The van der Waals surface area contributed by atoms with Crippen molar-refractivity contribution in [3.63, 3.8) is 0 Å². The highest BCUT2D eigenvalue weighted by Crippen LogP contribution is 2.27. The van der Waals surface area contributed by atoms with Crippen molar-refractivity contribution in [3.05, 3.63) is 29.1 Å². The van der Waals surface area contributed by atoms with Crippen LogP contribution >= 0.6 is 11.8 Å². The van der Waals surface area contributed by atoms with Gasteiger partial charge in [-0.2, -0.15) is 0 Å². The summed E-state index contributed by atoms with van der Waals surface area (Å²) in [6.45, 7) is 0. The van der Waals surface area contributed by atoms with Crippen LogP contribution in [0.5, 0.6) is 0 Å². The van der Waals surface area contributed by atoms with Crippen LogP contribution in [0, 0.1) is 0 Å². The van der Waals surface area contributed by atoms with Crippen molar-refractivity contribution in [2.75, 3.05) is 5.75 Å². The van der Waals surface area contributed by atoms with Gasteiger partial charge in [-0.15, -0.1) is 11.8 Å². The molecule has 2 N–H and O–H groups in total. The Bertz CT molecular complexity index is 561. The molecule has 0 spiro atoms. The first kappa shape index (κ1) is 13.4. The number of carbonyl (C=O) groups is 2. The van der Waals surface area contributed by atoms with Gasteiger partial charge in [0.1, 0.15) is 10.9 Å². The van der Waals surface area contributed by atoms with Crippen LogP contribution in [0.15, 0.2) is 12.1 Å². The van der Waals surface area contributed by atoms with E-state index in [1.165, 1.54) is 17.3 Å². The summed E-state index contributed by atoms with van der Waals surface area (Å²) in [7, 11) is 0. The third-order valence-electron chi connectivity index (χ3n) is 3.77. The Morgan fingerprint density at radius 1 is 1.35 bits per heavy atom. The number of aromatic nitrogens is 1. The minimum atomic E-state index is -0.803. The molecular formula is C14H16N2O3S. The highest BCUT2D eigenvalue weighted by Gasteiger charge is 2.31. The van der Waals surface area contributed by atoms with E-state index in [0.717, 1.165) is 25.0 Å². The molecule has 3 rings (SSSR count). The van der Waals surface area contributed by atoms with E-state index in [0.29, 0.717) is 17.9 Å². The van der Waals surface area contributed by atoms with Gasteiger partial charge >= 0.3 is 5.97 Å². The Morgan fingerprint density at radius 2 is 2.20 bits per heavy atom. The number of thioether (sulfide) groups is 1. The van der Waals surface area contributed by atoms with Gasteiger partial charge in [0.15, 0.2) is 0 Å². The monoisotopic (exact) mass is 292 g/mol. The number of hydrogen-bond donors (Lipinski definition) is 2. The zero-order valence-corrected chi connectivity index (χ0v) is 11.8. The smallest absolute Gasteiger partial charge is 0.316 e. The number of rotatable bonds is 3. The maximum Gasteiger partial charge on any atom is 0.316 e. The molecule has 2 aliphatic rings. The first-order chi connectivity index (χ1) is 9.63. The van der Waals surface area contributed by atoms with Gasteiger partial charge in [-0.3, -0.25) is 9.59 Å². The molecule has 6 heteroatoms. The van der Waals surface area contributed by atoms with Crippen LogP contribution in [0.4, 0.5) is 0 Å². The summed E-state index contributed by atoms with van der Waals surface area (Å²) < 4.78 is 0. The van der Waals surface area contributed by atoms with Crippen LogP contribution in [-0.2, 0) is 17.6 Å². The Balaban J connectivity index is 1.64. The molecule has 0 saturated carbocycles. The molecule has 2 atom stereocenters. The van der Waals surface area contributed by atoms with Crippen LogP contribution in [0.25, 0.3) is 0 Å². The number of aryl methyl sites for hydroxylation is 2. The molecule has 2 heterocycles. The molecule has 1 saturated heterocycles. The van der Waals surface area contributed by atoms with Crippen LogP contribution in [0.3, 0.4) is 0 Å². The molecule has 1 fully saturated rings. The van der Waals surface area contributed by atoms with Crippen LogP contribution in [-0.4, -0.2) is 39.0 Å². The molecule has 5 nitrogen and oxygen atoms in total. The number of pyridine rings is 1. The minimum absolute atomic E-state index is 0.0799. The van der Waals surface area contributed by atoms with E-state index in [1.807, 2.05) is 6.07 Å². The third-order valence-corrected chi connectivity index (χ3v) is 5.16. The zero-order chi connectivity index (χ0) is 14.1. The summed E-state index contributed by atoms with van der Waals surface area (Å²) in [5.41, 5.74) is 2.71. The summed E-state index contributed by atoms with van der Waals surface area (Å²) in [6, 6.07) is 3.66. The number of nitrogens with one attached hydrogen (secondary N) is 1. The molecule has 0 unspecified atom stereocenters. The molecule has 106 valence electrons. The summed E-state index contributed by atoms with van der Waals surface area (Å²) in [5.74, 6) is -0.355. The number of carboxylic acid groups (broad SMARTS) is 1. The average Bonchev–Trinajstić information content (AvgIpc) is 3.05. The van der Waals surface area contributed by atoms with E-state index in [2.05, 4.69) is 10.3 Å². The predicted molar refractivity (Wildman–Crippen MR) is 76.0 cm³/mol. The van der Waals surface area contributed by atoms with E-state index in [9.17, 15) is 9.59 Å². The van der Waals surface area contributed by atoms with Gasteiger partial charge in [0.05, 0.1) is 0 Å². The Kier molecular flexibility index (Phi) is 3.65. The van der Waals surface area contributed by atoms with Gasteiger partial charge in [0, 0.05) is 17.5 Å². The molecule has 1 aromatic rings. The number of aliphatic carboxylic acids is 1. The van der Waals surface area contributed by atoms with Crippen molar-refractivity contribution in [3.8, 4) is 0 Å². The van der Waals surface area contributed by atoms with E-state index < -0.39 is 11.2 Å². The van der Waals surface area contributed by atoms with Crippen LogP contribution in [0.2, 0.25) is 0 Å². The predicted octanol–water partition coefficient (Wildman–Crippen LogP) is 1.26. The highest BCUT2D eigenvalue weighted by molar-refractivity contribution is 8.00.